The van der Waals surface area contributed by atoms with Crippen molar-refractivity contribution in [2.45, 2.75) is 18.9 Å². The number of aliphatic hydroxyl groups is 1. The van der Waals surface area contributed by atoms with Gasteiger partial charge in [0.05, 0.1) is 12.7 Å². The first-order valence-electron chi connectivity index (χ1n) is 3.97. The normalized spacial score (nSPS) is 15.2. The highest BCUT2D eigenvalue weighted by Crippen LogP contribution is 2.12. The molecule has 1 unspecified atom stereocenters. The average Bonchev–Trinajstić information content (AvgIpc) is 2.12. The predicted molar refractivity (Wildman–Crippen MR) is 52.1 cm³/mol. The summed E-state index contributed by atoms with van der Waals surface area (Å²) in [6.45, 7) is 2.10. The molecule has 0 heterocycles. The van der Waals surface area contributed by atoms with E-state index in [4.69, 9.17) is 10.4 Å². The molecule has 0 aliphatic carbocycles. The van der Waals surface area contributed by atoms with Crippen LogP contribution < -0.4 is 5.32 Å². The van der Waals surface area contributed by atoms with Crippen LogP contribution in [0.25, 0.3) is 0 Å². The van der Waals surface area contributed by atoms with Crippen LogP contribution in [-0.2, 0) is 0 Å². The fraction of sp³-hybridized carbons (Fsp3) is 0.875. The minimum absolute atomic E-state index is 0.216. The molecule has 12 heavy (non-hydrogen) atoms. The summed E-state index contributed by atoms with van der Waals surface area (Å²) in [5.74, 6) is 1.66. The number of nitrogens with zero attached hydrogens (tertiary/aromatic N) is 1. The number of rotatable bonds is 6. The number of hydrogen-bond donors (Lipinski definition) is 2. The molecular weight excluding hydrogens is 172 g/mol. The lowest BCUT2D eigenvalue weighted by atomic mass is 10.0. The zero-order chi connectivity index (χ0) is 9.45. The van der Waals surface area contributed by atoms with Crippen molar-refractivity contribution < 1.29 is 5.11 Å². The highest BCUT2D eigenvalue weighted by molar-refractivity contribution is 7.99. The third-order valence-electron chi connectivity index (χ3n) is 1.78. The van der Waals surface area contributed by atoms with E-state index in [0.717, 1.165) is 17.9 Å². The number of aliphatic hydroxyl groups excluding tert-OH is 1. The zero-order valence-corrected chi connectivity index (χ0v) is 8.45. The van der Waals surface area contributed by atoms with Gasteiger partial charge in [0, 0.05) is 5.75 Å². The van der Waals surface area contributed by atoms with Crippen molar-refractivity contribution in [3.8, 4) is 6.07 Å². The first-order valence-corrected chi connectivity index (χ1v) is 5.13. The second-order valence-electron chi connectivity index (χ2n) is 2.78. The van der Waals surface area contributed by atoms with Gasteiger partial charge in [-0.1, -0.05) is 0 Å². The van der Waals surface area contributed by atoms with Crippen LogP contribution in [0.2, 0.25) is 0 Å². The summed E-state index contributed by atoms with van der Waals surface area (Å²) in [6.07, 6.45) is 0.810. The maximum atomic E-state index is 8.77. The summed E-state index contributed by atoms with van der Waals surface area (Å²) in [4.78, 5) is 0. The van der Waals surface area contributed by atoms with Crippen LogP contribution in [0.4, 0.5) is 0 Å². The molecule has 0 aromatic carbocycles. The lowest BCUT2D eigenvalue weighted by Crippen LogP contribution is -2.38. The van der Waals surface area contributed by atoms with Crippen molar-refractivity contribution in [2.75, 3.05) is 25.2 Å². The Morgan fingerprint density at radius 2 is 2.25 bits per heavy atom. The van der Waals surface area contributed by atoms with E-state index < -0.39 is 5.54 Å². The van der Waals surface area contributed by atoms with E-state index in [9.17, 15) is 0 Å². The van der Waals surface area contributed by atoms with Crippen LogP contribution in [0.1, 0.15) is 13.3 Å². The van der Waals surface area contributed by atoms with Crippen LogP contribution in [0.15, 0.2) is 0 Å². The van der Waals surface area contributed by atoms with Gasteiger partial charge in [0.2, 0.25) is 0 Å². The molecule has 1 atom stereocenters. The molecule has 0 rings (SSSR count). The summed E-state index contributed by atoms with van der Waals surface area (Å²) >= 11 is 1.67. The van der Waals surface area contributed by atoms with Gasteiger partial charge in [-0.05, 0) is 26.1 Å². The van der Waals surface area contributed by atoms with Crippen LogP contribution >= 0.6 is 11.8 Å². The topological polar surface area (TPSA) is 56.0 Å². The minimum Gasteiger partial charge on any atom is -0.396 e. The predicted octanol–water partition coefficient (Wildman–Crippen LogP) is 0.604. The molecule has 0 spiro atoms. The van der Waals surface area contributed by atoms with Gasteiger partial charge in [-0.25, -0.2) is 0 Å². The third kappa shape index (κ3) is 4.60. The maximum Gasteiger partial charge on any atom is 0.104 e. The Morgan fingerprint density at radius 3 is 2.67 bits per heavy atom. The van der Waals surface area contributed by atoms with E-state index in [1.165, 1.54) is 0 Å². The standard InChI is InChI=1S/C8H16N2OS/c1-8(7-9,10-2)3-5-12-6-4-11/h10-11H,3-6H2,1-2H3. The molecule has 3 nitrogen and oxygen atoms in total. The van der Waals surface area contributed by atoms with Crippen molar-refractivity contribution in [1.82, 2.24) is 5.32 Å². The van der Waals surface area contributed by atoms with Crippen molar-refractivity contribution in [3.05, 3.63) is 0 Å². The van der Waals surface area contributed by atoms with Crippen LogP contribution in [-0.4, -0.2) is 35.8 Å². The van der Waals surface area contributed by atoms with Crippen molar-refractivity contribution in [1.29, 1.82) is 5.26 Å². The van der Waals surface area contributed by atoms with Gasteiger partial charge < -0.3 is 10.4 Å². The van der Waals surface area contributed by atoms with Crippen molar-refractivity contribution >= 4 is 11.8 Å². The SMILES string of the molecule is CNC(C)(C#N)CCSCCO. The molecule has 0 amide bonds. The number of hydrogen-bond acceptors (Lipinski definition) is 4. The highest BCUT2D eigenvalue weighted by atomic mass is 32.2. The van der Waals surface area contributed by atoms with Crippen molar-refractivity contribution in [2.24, 2.45) is 0 Å². The number of nitrogens with one attached hydrogen (secondary N) is 1. The second-order valence-corrected chi connectivity index (χ2v) is 4.00. The van der Waals surface area contributed by atoms with Gasteiger partial charge >= 0.3 is 0 Å². The molecule has 0 aromatic rings. The fourth-order valence-corrected chi connectivity index (χ4v) is 1.57. The third-order valence-corrected chi connectivity index (χ3v) is 2.74. The summed E-state index contributed by atoms with van der Waals surface area (Å²) < 4.78 is 0. The summed E-state index contributed by atoms with van der Waals surface area (Å²) in [5, 5.41) is 20.2. The van der Waals surface area contributed by atoms with Crippen LogP contribution in [0.3, 0.4) is 0 Å². The summed E-state index contributed by atoms with van der Waals surface area (Å²) in [6, 6.07) is 2.22. The quantitative estimate of drug-likeness (QED) is 0.599. The molecule has 4 heteroatoms. The number of thioether (sulfide) groups is 1. The molecule has 0 aliphatic rings. The Kier molecular flexibility index (Phi) is 6.17. The molecule has 0 aromatic heterocycles. The monoisotopic (exact) mass is 188 g/mol. The molecule has 0 bridgehead atoms. The first kappa shape index (κ1) is 11.8. The molecule has 0 aliphatic heterocycles. The van der Waals surface area contributed by atoms with Gasteiger partial charge in [-0.3, -0.25) is 0 Å². The van der Waals surface area contributed by atoms with E-state index >= 15 is 0 Å². The highest BCUT2D eigenvalue weighted by Gasteiger charge is 2.19. The largest absolute Gasteiger partial charge is 0.396 e. The molecular formula is C8H16N2OS. The van der Waals surface area contributed by atoms with E-state index in [-0.39, 0.29) is 6.61 Å². The van der Waals surface area contributed by atoms with E-state index in [0.29, 0.717) is 0 Å². The lowest BCUT2D eigenvalue weighted by Gasteiger charge is -2.19. The van der Waals surface area contributed by atoms with Gasteiger partial charge in [-0.2, -0.15) is 17.0 Å². The van der Waals surface area contributed by atoms with Crippen LogP contribution in [0, 0.1) is 11.3 Å². The number of nitriles is 1. The Morgan fingerprint density at radius 1 is 1.58 bits per heavy atom. The maximum absolute atomic E-state index is 8.77. The van der Waals surface area contributed by atoms with Gasteiger partial charge in [0.25, 0.3) is 0 Å². The van der Waals surface area contributed by atoms with Gasteiger partial charge in [-0.15, -0.1) is 0 Å². The first-order chi connectivity index (χ1) is 5.68. The fourth-order valence-electron chi connectivity index (χ4n) is 0.680. The minimum atomic E-state index is -0.414. The van der Waals surface area contributed by atoms with Gasteiger partial charge in [0.1, 0.15) is 5.54 Å². The molecule has 70 valence electrons. The average molecular weight is 188 g/mol. The zero-order valence-electron chi connectivity index (χ0n) is 7.63. The van der Waals surface area contributed by atoms with E-state index in [1.54, 1.807) is 18.8 Å². The Bertz CT molecular complexity index is 158. The lowest BCUT2D eigenvalue weighted by molar-refractivity contribution is 0.322. The molecule has 0 radical (unpaired) electrons. The Hall–Kier alpha value is -0.240. The summed E-state index contributed by atoms with van der Waals surface area (Å²) in [7, 11) is 1.79. The summed E-state index contributed by atoms with van der Waals surface area (Å²) in [5.41, 5.74) is -0.414. The van der Waals surface area contributed by atoms with Crippen molar-refractivity contribution in [3.63, 3.8) is 0 Å². The molecule has 2 N–H and O–H groups in total. The smallest absolute Gasteiger partial charge is 0.104 e. The molecule has 0 fully saturated rings. The van der Waals surface area contributed by atoms with Gasteiger partial charge in [0.15, 0.2) is 0 Å². The van der Waals surface area contributed by atoms with E-state index in [1.807, 2.05) is 6.92 Å². The van der Waals surface area contributed by atoms with E-state index in [2.05, 4.69) is 11.4 Å². The van der Waals surface area contributed by atoms with Crippen LogP contribution in [0.5, 0.6) is 0 Å². The second kappa shape index (κ2) is 6.30. The Balaban J connectivity index is 3.54. The Labute approximate surface area is 78.2 Å². The molecule has 0 saturated heterocycles. The molecule has 0 saturated carbocycles.